The fraction of sp³-hybridized carbons (Fsp3) is 1.00. The van der Waals surface area contributed by atoms with E-state index in [1.165, 1.54) is 0 Å². The zero-order valence-corrected chi connectivity index (χ0v) is 10.1. The molecule has 0 aliphatic carbocycles. The quantitative estimate of drug-likeness (QED) is 0.571. The summed E-state index contributed by atoms with van der Waals surface area (Å²) in [7, 11) is 0. The molecule has 0 radical (unpaired) electrons. The second-order valence-corrected chi connectivity index (χ2v) is 5.38. The monoisotopic (exact) mass is 216 g/mol. The Hall–Kier alpha value is -0.160. The van der Waals surface area contributed by atoms with E-state index in [4.69, 9.17) is 4.74 Å². The lowest BCUT2D eigenvalue weighted by Crippen LogP contribution is -2.45. The van der Waals surface area contributed by atoms with Crippen molar-refractivity contribution in [1.82, 2.24) is 10.6 Å². The molecule has 3 N–H and O–H groups in total. The van der Waals surface area contributed by atoms with Gasteiger partial charge in [0, 0.05) is 38.2 Å². The Bertz CT molecular complexity index is 184. The predicted molar refractivity (Wildman–Crippen MR) is 61.0 cm³/mol. The maximum absolute atomic E-state index is 9.94. The van der Waals surface area contributed by atoms with E-state index in [-0.39, 0.29) is 5.54 Å². The summed E-state index contributed by atoms with van der Waals surface area (Å²) in [4.78, 5) is 0. The van der Waals surface area contributed by atoms with Gasteiger partial charge in [-0.1, -0.05) is 0 Å². The van der Waals surface area contributed by atoms with E-state index in [0.717, 1.165) is 19.5 Å². The van der Waals surface area contributed by atoms with Crippen LogP contribution in [0.2, 0.25) is 0 Å². The van der Waals surface area contributed by atoms with Crippen molar-refractivity contribution in [3.8, 4) is 0 Å². The van der Waals surface area contributed by atoms with Crippen molar-refractivity contribution in [2.75, 3.05) is 32.8 Å². The third kappa shape index (κ3) is 5.47. The average Bonchev–Trinajstić information content (AvgIpc) is 2.50. The number of nitrogens with one attached hydrogen (secondary N) is 2. The standard InChI is InChI=1S/C11H24N2O2/c1-10(2,3)13-6-5-12-8-11(14)4-7-15-9-11/h12-14H,4-9H2,1-3H3. The molecule has 1 unspecified atom stereocenters. The lowest BCUT2D eigenvalue weighted by atomic mass is 10.0. The molecule has 4 nitrogen and oxygen atoms in total. The van der Waals surface area contributed by atoms with Gasteiger partial charge in [-0.2, -0.15) is 0 Å². The van der Waals surface area contributed by atoms with E-state index in [1.54, 1.807) is 0 Å². The molecule has 0 aromatic carbocycles. The summed E-state index contributed by atoms with van der Waals surface area (Å²) in [5.74, 6) is 0. The highest BCUT2D eigenvalue weighted by molar-refractivity contribution is 4.85. The largest absolute Gasteiger partial charge is 0.386 e. The maximum atomic E-state index is 9.94. The summed E-state index contributed by atoms with van der Waals surface area (Å²) in [5.41, 5.74) is -0.475. The fourth-order valence-electron chi connectivity index (χ4n) is 1.58. The van der Waals surface area contributed by atoms with Crippen LogP contribution in [0.3, 0.4) is 0 Å². The summed E-state index contributed by atoms with van der Waals surface area (Å²) in [5, 5.41) is 16.6. The van der Waals surface area contributed by atoms with E-state index >= 15 is 0 Å². The maximum Gasteiger partial charge on any atom is 0.102 e. The van der Waals surface area contributed by atoms with Gasteiger partial charge in [0.1, 0.15) is 5.60 Å². The zero-order chi connectivity index (χ0) is 11.4. The Balaban J connectivity index is 2.02. The Labute approximate surface area is 92.4 Å². The van der Waals surface area contributed by atoms with Gasteiger partial charge in [-0.3, -0.25) is 0 Å². The minimum absolute atomic E-state index is 0.162. The van der Waals surface area contributed by atoms with Crippen LogP contribution >= 0.6 is 0 Å². The normalized spacial score (nSPS) is 27.2. The molecule has 0 bridgehead atoms. The summed E-state index contributed by atoms with van der Waals surface area (Å²) < 4.78 is 5.17. The van der Waals surface area contributed by atoms with Crippen molar-refractivity contribution in [3.63, 3.8) is 0 Å². The van der Waals surface area contributed by atoms with Crippen molar-refractivity contribution in [3.05, 3.63) is 0 Å². The van der Waals surface area contributed by atoms with Crippen LogP contribution in [0.5, 0.6) is 0 Å². The van der Waals surface area contributed by atoms with Crippen molar-refractivity contribution in [1.29, 1.82) is 0 Å². The zero-order valence-electron chi connectivity index (χ0n) is 10.1. The molecule has 0 saturated carbocycles. The molecule has 0 spiro atoms. The molecule has 1 heterocycles. The van der Waals surface area contributed by atoms with Gasteiger partial charge in [-0.15, -0.1) is 0 Å². The van der Waals surface area contributed by atoms with E-state index in [2.05, 4.69) is 31.4 Å². The number of ether oxygens (including phenoxy) is 1. The lowest BCUT2D eigenvalue weighted by molar-refractivity contribution is 0.0273. The highest BCUT2D eigenvalue weighted by atomic mass is 16.5. The molecule has 15 heavy (non-hydrogen) atoms. The summed E-state index contributed by atoms with van der Waals surface area (Å²) in [6.45, 7) is 9.99. The molecule has 1 rings (SSSR count). The van der Waals surface area contributed by atoms with E-state index in [0.29, 0.717) is 19.8 Å². The first-order valence-electron chi connectivity index (χ1n) is 5.67. The summed E-state index contributed by atoms with van der Waals surface area (Å²) >= 11 is 0. The van der Waals surface area contributed by atoms with Crippen LogP contribution in [0.1, 0.15) is 27.2 Å². The lowest BCUT2D eigenvalue weighted by Gasteiger charge is -2.23. The van der Waals surface area contributed by atoms with Crippen molar-refractivity contribution in [2.24, 2.45) is 0 Å². The highest BCUT2D eigenvalue weighted by Gasteiger charge is 2.31. The van der Waals surface area contributed by atoms with Gasteiger partial charge in [0.05, 0.1) is 6.61 Å². The van der Waals surface area contributed by atoms with Gasteiger partial charge in [-0.05, 0) is 20.8 Å². The summed E-state index contributed by atoms with van der Waals surface area (Å²) in [6.07, 6.45) is 0.743. The van der Waals surface area contributed by atoms with Crippen molar-refractivity contribution in [2.45, 2.75) is 38.3 Å². The average molecular weight is 216 g/mol. The van der Waals surface area contributed by atoms with Crippen LogP contribution in [-0.2, 0) is 4.74 Å². The third-order valence-corrected chi connectivity index (χ3v) is 2.49. The second kappa shape index (κ2) is 5.25. The van der Waals surface area contributed by atoms with Crippen molar-refractivity contribution < 1.29 is 9.84 Å². The first-order chi connectivity index (χ1) is 6.91. The number of rotatable bonds is 5. The molecule has 0 aromatic heterocycles. The molecular weight excluding hydrogens is 192 g/mol. The number of aliphatic hydroxyl groups is 1. The van der Waals surface area contributed by atoms with Gasteiger partial charge in [0.2, 0.25) is 0 Å². The van der Waals surface area contributed by atoms with Gasteiger partial charge < -0.3 is 20.5 Å². The smallest absolute Gasteiger partial charge is 0.102 e. The minimum Gasteiger partial charge on any atom is -0.386 e. The molecular formula is C11H24N2O2. The highest BCUT2D eigenvalue weighted by Crippen LogP contribution is 2.16. The minimum atomic E-state index is -0.637. The van der Waals surface area contributed by atoms with Gasteiger partial charge in [0.25, 0.3) is 0 Å². The van der Waals surface area contributed by atoms with E-state index in [9.17, 15) is 5.11 Å². The molecule has 1 aliphatic rings. The van der Waals surface area contributed by atoms with Gasteiger partial charge in [-0.25, -0.2) is 0 Å². The SMILES string of the molecule is CC(C)(C)NCCNCC1(O)CCOC1. The second-order valence-electron chi connectivity index (χ2n) is 5.38. The number of hydrogen-bond acceptors (Lipinski definition) is 4. The topological polar surface area (TPSA) is 53.5 Å². The molecule has 1 fully saturated rings. The molecule has 0 amide bonds. The third-order valence-electron chi connectivity index (χ3n) is 2.49. The van der Waals surface area contributed by atoms with Gasteiger partial charge in [0.15, 0.2) is 0 Å². The van der Waals surface area contributed by atoms with Crippen LogP contribution in [0.4, 0.5) is 0 Å². The Kier molecular flexibility index (Phi) is 4.52. The molecule has 1 aliphatic heterocycles. The fourth-order valence-corrected chi connectivity index (χ4v) is 1.58. The van der Waals surface area contributed by atoms with Crippen LogP contribution in [0.15, 0.2) is 0 Å². The molecule has 90 valence electrons. The first kappa shape index (κ1) is 12.9. The Morgan fingerprint density at radius 1 is 1.33 bits per heavy atom. The molecule has 4 heteroatoms. The number of hydrogen-bond donors (Lipinski definition) is 3. The van der Waals surface area contributed by atoms with Crippen LogP contribution in [-0.4, -0.2) is 49.1 Å². The van der Waals surface area contributed by atoms with Crippen LogP contribution < -0.4 is 10.6 Å². The molecule has 1 saturated heterocycles. The van der Waals surface area contributed by atoms with E-state index < -0.39 is 5.60 Å². The molecule has 1 atom stereocenters. The molecule has 0 aromatic rings. The van der Waals surface area contributed by atoms with E-state index in [1.807, 2.05) is 0 Å². The van der Waals surface area contributed by atoms with Crippen LogP contribution in [0, 0.1) is 0 Å². The van der Waals surface area contributed by atoms with Crippen molar-refractivity contribution >= 4 is 0 Å². The van der Waals surface area contributed by atoms with Gasteiger partial charge >= 0.3 is 0 Å². The first-order valence-corrected chi connectivity index (χ1v) is 5.67. The van der Waals surface area contributed by atoms with Crippen LogP contribution in [0.25, 0.3) is 0 Å². The Morgan fingerprint density at radius 2 is 2.07 bits per heavy atom. The Morgan fingerprint density at radius 3 is 2.60 bits per heavy atom. The predicted octanol–water partition coefficient (Wildman–Crippen LogP) is 0.116. The summed E-state index contributed by atoms with van der Waals surface area (Å²) in [6, 6.07) is 0.